The predicted octanol–water partition coefficient (Wildman–Crippen LogP) is 8.01. The Labute approximate surface area is 375 Å². The zero-order valence-corrected chi connectivity index (χ0v) is 36.9. The van der Waals surface area contributed by atoms with E-state index >= 15 is 0 Å². The van der Waals surface area contributed by atoms with Crippen molar-refractivity contribution in [1.82, 2.24) is 40.4 Å². The largest absolute Gasteiger partial charge is 0.453 e. The maximum Gasteiger partial charge on any atom is 0.407 e. The first-order valence-electron chi connectivity index (χ1n) is 22.1. The van der Waals surface area contributed by atoms with E-state index in [-0.39, 0.29) is 35.7 Å². The zero-order chi connectivity index (χ0) is 45.1. The van der Waals surface area contributed by atoms with Crippen LogP contribution in [-0.4, -0.2) is 99.7 Å². The third kappa shape index (κ3) is 7.72. The standard InChI is InChI=1S/C50H52N8O7/c1-26(2)41(55-49(61)64-4)47(59)57-24-27(25-63-3)19-39(57)45-51-36-17-13-31-20-29(11-15-34(31)43(36)53-45)30-12-16-35-32(21-30)14-18-37-44(35)54-46(52-37)40-23-33-22-38(33)58(40)48(60)42(56-50(62)65-5)28-9-7-6-8-10-28/h6-18,20-22,26-27,33,39-42,47,59H,19,23-25H2,1-5H3,(H,51,53)(H,52,54)(H,55,61)(H,56,62)/t27-,33+,39-,40-,41-,42+,47?/m0/s1. The average Bonchev–Trinajstić information content (AvgIpc) is 3.75. The molecule has 7 atom stereocenters. The number of fused-ring (bicyclic) bond motifs is 7. The number of benzene rings is 5. The van der Waals surface area contributed by atoms with Gasteiger partial charge in [-0.1, -0.05) is 86.7 Å². The maximum absolute atomic E-state index is 14.3. The number of methoxy groups -OCH3 is 3. The Bertz CT molecular complexity index is 3000. The lowest BCUT2D eigenvalue weighted by Crippen LogP contribution is -2.54. The Morgan fingerprint density at radius 1 is 0.769 bits per heavy atom. The number of nitrogens with zero attached hydrogens (tertiary/aromatic N) is 4. The van der Waals surface area contributed by atoms with Gasteiger partial charge in [0.1, 0.15) is 23.9 Å². The molecule has 65 heavy (non-hydrogen) atoms. The molecule has 4 heterocycles. The smallest absolute Gasteiger partial charge is 0.407 e. The molecule has 7 aromatic rings. The predicted molar refractivity (Wildman–Crippen MR) is 246 cm³/mol. The Kier molecular flexibility index (Phi) is 11.0. The molecule has 15 nitrogen and oxygen atoms in total. The summed E-state index contributed by atoms with van der Waals surface area (Å²) in [5.74, 6) is 1.51. The fourth-order valence-electron chi connectivity index (χ4n) is 10.1. The summed E-state index contributed by atoms with van der Waals surface area (Å²) in [6.07, 6.45) is 1.28. The van der Waals surface area contributed by atoms with E-state index in [1.165, 1.54) is 14.2 Å². The molecular formula is C50H52N8O7. The van der Waals surface area contributed by atoms with Gasteiger partial charge in [0.25, 0.3) is 5.91 Å². The van der Waals surface area contributed by atoms with Crippen molar-refractivity contribution >= 4 is 61.7 Å². The fourth-order valence-corrected chi connectivity index (χ4v) is 10.1. The first-order valence-corrected chi connectivity index (χ1v) is 22.1. The van der Waals surface area contributed by atoms with Gasteiger partial charge in [0, 0.05) is 36.0 Å². The van der Waals surface area contributed by atoms with Gasteiger partial charge in [-0.3, -0.25) is 9.69 Å². The van der Waals surface area contributed by atoms with Gasteiger partial charge in [-0.15, -0.1) is 0 Å². The quantitative estimate of drug-likeness (QED) is 0.0805. The van der Waals surface area contributed by atoms with E-state index in [9.17, 15) is 19.5 Å². The van der Waals surface area contributed by atoms with Crippen LogP contribution in [-0.2, 0) is 19.0 Å². The van der Waals surface area contributed by atoms with Crippen LogP contribution in [0.2, 0.25) is 0 Å². The molecule has 3 aliphatic rings. The lowest BCUT2D eigenvalue weighted by Gasteiger charge is -2.35. The Morgan fingerprint density at radius 3 is 1.95 bits per heavy atom. The van der Waals surface area contributed by atoms with E-state index < -0.39 is 30.5 Å². The molecule has 2 saturated heterocycles. The molecule has 1 unspecified atom stereocenters. The molecule has 1 aliphatic carbocycles. The fraction of sp³-hybridized carbons (Fsp3) is 0.340. The van der Waals surface area contributed by atoms with Crippen LogP contribution in [0.1, 0.15) is 62.0 Å². The van der Waals surface area contributed by atoms with Crippen molar-refractivity contribution in [2.24, 2.45) is 17.8 Å². The number of imidazole rings is 2. The van der Waals surface area contributed by atoms with Crippen LogP contribution < -0.4 is 10.6 Å². The van der Waals surface area contributed by atoms with E-state index in [2.05, 4.69) is 75.2 Å². The highest BCUT2D eigenvalue weighted by Gasteiger charge is 2.50. The third-order valence-electron chi connectivity index (χ3n) is 13.4. The van der Waals surface area contributed by atoms with Crippen LogP contribution in [0, 0.1) is 17.8 Å². The van der Waals surface area contributed by atoms with Crippen molar-refractivity contribution in [3.8, 4) is 11.1 Å². The SMILES string of the molecule is COC[C@H]1C[C@@H](c2nc3ccc4cc(-c5ccc6c(ccc7nc([C@@H]8C[C@H]9C=C9N8C(=O)[C@H](NC(=O)OC)c8ccccc8)[nH]c76)c5)ccc4c3[nH]2)N(C(O)[C@@H](NC(=O)OC)C(C)C)C1. The number of likely N-dealkylation sites (tertiary alicyclic amines) is 2. The van der Waals surface area contributed by atoms with Crippen molar-refractivity contribution in [3.05, 3.63) is 120 Å². The van der Waals surface area contributed by atoms with Crippen LogP contribution >= 0.6 is 0 Å². The molecule has 5 N–H and O–H groups in total. The summed E-state index contributed by atoms with van der Waals surface area (Å²) in [5, 5.41) is 21.5. The Hall–Kier alpha value is -6.81. The maximum atomic E-state index is 14.3. The van der Waals surface area contributed by atoms with Crippen LogP contribution in [0.5, 0.6) is 0 Å². The van der Waals surface area contributed by atoms with Gasteiger partial charge in [-0.25, -0.2) is 19.6 Å². The number of alkyl carbamates (subject to hydrolysis) is 2. The monoisotopic (exact) mass is 876 g/mol. The average molecular weight is 877 g/mol. The van der Waals surface area contributed by atoms with Crippen LogP contribution in [0.25, 0.3) is 54.7 Å². The number of hydrogen-bond acceptors (Lipinski definition) is 10. The number of hydrogen-bond donors (Lipinski definition) is 5. The Morgan fingerprint density at radius 2 is 1.37 bits per heavy atom. The zero-order valence-electron chi connectivity index (χ0n) is 36.9. The molecule has 3 amide bonds. The number of amides is 3. The number of aliphatic hydroxyl groups is 1. The number of aliphatic hydroxyl groups excluding tert-OH is 1. The van der Waals surface area contributed by atoms with Gasteiger partial charge < -0.3 is 44.8 Å². The van der Waals surface area contributed by atoms with Gasteiger partial charge in [0.05, 0.1) is 61.0 Å². The second-order valence-corrected chi connectivity index (χ2v) is 17.8. The molecule has 0 radical (unpaired) electrons. The van der Waals surface area contributed by atoms with Crippen LogP contribution in [0.4, 0.5) is 9.59 Å². The molecule has 10 rings (SSSR count). The van der Waals surface area contributed by atoms with Crippen LogP contribution in [0.3, 0.4) is 0 Å². The molecule has 334 valence electrons. The lowest BCUT2D eigenvalue weighted by atomic mass is 9.98. The van der Waals surface area contributed by atoms with E-state index in [4.69, 9.17) is 24.2 Å². The molecule has 2 fully saturated rings. The lowest BCUT2D eigenvalue weighted by molar-refractivity contribution is -0.132. The summed E-state index contributed by atoms with van der Waals surface area (Å²) < 4.78 is 15.3. The van der Waals surface area contributed by atoms with Crippen molar-refractivity contribution in [1.29, 1.82) is 0 Å². The highest BCUT2D eigenvalue weighted by molar-refractivity contribution is 6.07. The topological polar surface area (TPSA) is 187 Å². The molecule has 0 saturated carbocycles. The minimum Gasteiger partial charge on any atom is -0.453 e. The van der Waals surface area contributed by atoms with Gasteiger partial charge >= 0.3 is 12.2 Å². The first kappa shape index (κ1) is 42.2. The number of ether oxygens (including phenoxy) is 3. The second-order valence-electron chi connectivity index (χ2n) is 17.8. The van der Waals surface area contributed by atoms with Crippen molar-refractivity contribution < 1.29 is 33.7 Å². The minimum absolute atomic E-state index is 0.0589. The Balaban J connectivity index is 0.923. The molecule has 15 heteroatoms. The number of aromatic nitrogens is 4. The molecule has 2 aromatic heterocycles. The number of carbonyl (C=O) groups excluding carboxylic acids is 3. The highest BCUT2D eigenvalue weighted by atomic mass is 16.5. The second kappa shape index (κ2) is 17.0. The molecule has 0 spiro atoms. The number of allylic oxidation sites excluding steroid dienone is 2. The third-order valence-corrected chi connectivity index (χ3v) is 13.4. The number of rotatable bonds is 12. The molecule has 0 bridgehead atoms. The van der Waals surface area contributed by atoms with Gasteiger partial charge in [-0.05, 0) is 76.4 Å². The van der Waals surface area contributed by atoms with E-state index in [1.807, 2.05) is 61.2 Å². The van der Waals surface area contributed by atoms with Gasteiger partial charge in [-0.2, -0.15) is 0 Å². The summed E-state index contributed by atoms with van der Waals surface area (Å²) in [7, 11) is 4.29. The number of aromatic amines is 2. The molecule has 5 aromatic carbocycles. The van der Waals surface area contributed by atoms with Crippen molar-refractivity contribution in [2.45, 2.75) is 57.1 Å². The van der Waals surface area contributed by atoms with E-state index in [0.29, 0.717) is 31.0 Å². The minimum atomic E-state index is -0.977. The van der Waals surface area contributed by atoms with Gasteiger partial charge in [0.2, 0.25) is 0 Å². The van der Waals surface area contributed by atoms with Crippen molar-refractivity contribution in [3.63, 3.8) is 0 Å². The number of H-pyrrole nitrogens is 2. The first-order chi connectivity index (χ1) is 31.5. The summed E-state index contributed by atoms with van der Waals surface area (Å²) in [5.41, 5.74) is 7.21. The molecule has 2 aliphatic heterocycles. The summed E-state index contributed by atoms with van der Waals surface area (Å²) in [4.78, 5) is 60.1. The summed E-state index contributed by atoms with van der Waals surface area (Å²) in [6, 6.07) is 28.3. The van der Waals surface area contributed by atoms with E-state index in [0.717, 1.165) is 72.7 Å². The highest BCUT2D eigenvalue weighted by Crippen LogP contribution is 2.52. The number of nitrogens with one attached hydrogen (secondary N) is 4. The summed E-state index contributed by atoms with van der Waals surface area (Å²) in [6.45, 7) is 5.05. The normalized spacial score (nSPS) is 20.8. The van der Waals surface area contributed by atoms with E-state index in [1.54, 1.807) is 12.0 Å². The summed E-state index contributed by atoms with van der Waals surface area (Å²) >= 11 is 0. The van der Waals surface area contributed by atoms with Gasteiger partial charge in [0.15, 0.2) is 0 Å². The number of carbonyl (C=O) groups is 3. The van der Waals surface area contributed by atoms with Crippen molar-refractivity contribution in [2.75, 3.05) is 34.5 Å². The molecular weight excluding hydrogens is 825 g/mol. The van der Waals surface area contributed by atoms with Crippen LogP contribution in [0.15, 0.2) is 103 Å².